The highest BCUT2D eigenvalue weighted by Crippen LogP contribution is 2.35. The molecule has 4 N–H and O–H groups in total. The van der Waals surface area contributed by atoms with Crippen LogP contribution in [0.25, 0.3) is 0 Å². The minimum Gasteiger partial charge on any atom is -0.382 e. The van der Waals surface area contributed by atoms with Crippen molar-refractivity contribution in [2.45, 2.75) is 12.7 Å². The van der Waals surface area contributed by atoms with Gasteiger partial charge >= 0.3 is 6.18 Å². The van der Waals surface area contributed by atoms with E-state index in [-0.39, 0.29) is 33.8 Å². The highest BCUT2D eigenvalue weighted by molar-refractivity contribution is 7.13. The molecular weight excluding hydrogens is 482 g/mol. The van der Waals surface area contributed by atoms with Crippen LogP contribution in [0.2, 0.25) is 10.0 Å². The SMILES string of the molecule is Nc1ncnc(C(=O)NCc2ncc(C(=O)Nc3cc(C(F)(F)F)c(Cl)cn3)s2)c1Cl. The van der Waals surface area contributed by atoms with Gasteiger partial charge in [0.2, 0.25) is 0 Å². The van der Waals surface area contributed by atoms with Gasteiger partial charge in [0.1, 0.15) is 32.9 Å². The highest BCUT2D eigenvalue weighted by Gasteiger charge is 2.34. The number of halogens is 5. The Balaban J connectivity index is 1.65. The zero-order valence-electron chi connectivity index (χ0n) is 15.0. The zero-order valence-corrected chi connectivity index (χ0v) is 17.3. The number of carbonyl (C=O) groups is 2. The highest BCUT2D eigenvalue weighted by atomic mass is 35.5. The summed E-state index contributed by atoms with van der Waals surface area (Å²) >= 11 is 12.3. The predicted molar refractivity (Wildman–Crippen MR) is 107 cm³/mol. The molecule has 0 aromatic carbocycles. The van der Waals surface area contributed by atoms with Crippen LogP contribution >= 0.6 is 34.5 Å². The summed E-state index contributed by atoms with van der Waals surface area (Å²) in [6.45, 7) is -0.0611. The molecule has 3 aromatic heterocycles. The number of rotatable bonds is 5. The molecule has 2 amide bonds. The van der Waals surface area contributed by atoms with Gasteiger partial charge in [-0.2, -0.15) is 13.2 Å². The summed E-state index contributed by atoms with van der Waals surface area (Å²) in [6, 6.07) is 0.625. The van der Waals surface area contributed by atoms with E-state index in [0.717, 1.165) is 23.9 Å². The minimum atomic E-state index is -4.70. The van der Waals surface area contributed by atoms with Gasteiger partial charge in [0.15, 0.2) is 5.69 Å². The Morgan fingerprint density at radius 1 is 1.10 bits per heavy atom. The Kier molecular flexibility index (Phi) is 6.57. The van der Waals surface area contributed by atoms with Crippen LogP contribution < -0.4 is 16.4 Å². The van der Waals surface area contributed by atoms with Crippen LogP contribution in [-0.4, -0.2) is 31.8 Å². The van der Waals surface area contributed by atoms with E-state index in [1.54, 1.807) is 0 Å². The van der Waals surface area contributed by atoms with Crippen molar-refractivity contribution in [2.24, 2.45) is 0 Å². The van der Waals surface area contributed by atoms with Crippen molar-refractivity contribution < 1.29 is 22.8 Å². The number of anilines is 2. The van der Waals surface area contributed by atoms with E-state index < -0.39 is 28.6 Å². The first kappa shape index (κ1) is 22.7. The monoisotopic (exact) mass is 491 g/mol. The van der Waals surface area contributed by atoms with E-state index in [2.05, 4.69) is 30.6 Å². The largest absolute Gasteiger partial charge is 0.418 e. The molecule has 3 aromatic rings. The number of nitrogen functional groups attached to an aromatic ring is 1. The van der Waals surface area contributed by atoms with Crippen molar-refractivity contribution >= 4 is 58.0 Å². The van der Waals surface area contributed by atoms with Crippen LogP contribution in [0.4, 0.5) is 24.8 Å². The number of hydrogen-bond acceptors (Lipinski definition) is 8. The quantitative estimate of drug-likeness (QED) is 0.497. The third-order valence-corrected chi connectivity index (χ3v) is 5.28. The first-order chi connectivity index (χ1) is 14.6. The molecule has 162 valence electrons. The lowest BCUT2D eigenvalue weighted by molar-refractivity contribution is -0.137. The lowest BCUT2D eigenvalue weighted by Crippen LogP contribution is -2.24. The number of nitrogens with two attached hydrogens (primary N) is 1. The first-order valence-electron chi connectivity index (χ1n) is 8.09. The van der Waals surface area contributed by atoms with E-state index in [0.29, 0.717) is 11.1 Å². The van der Waals surface area contributed by atoms with Crippen LogP contribution in [0.15, 0.2) is 24.8 Å². The van der Waals surface area contributed by atoms with Crippen molar-refractivity contribution in [2.75, 3.05) is 11.1 Å². The number of nitrogens with zero attached hydrogens (tertiary/aromatic N) is 4. The Labute approximate surface area is 185 Å². The number of pyridine rings is 1. The van der Waals surface area contributed by atoms with Crippen molar-refractivity contribution in [3.63, 3.8) is 0 Å². The predicted octanol–water partition coefficient (Wildman–Crippen LogP) is 3.42. The second kappa shape index (κ2) is 8.99. The van der Waals surface area contributed by atoms with Crippen LogP contribution in [-0.2, 0) is 12.7 Å². The Bertz CT molecular complexity index is 1160. The maximum absolute atomic E-state index is 12.9. The Morgan fingerprint density at radius 3 is 2.55 bits per heavy atom. The summed E-state index contributed by atoms with van der Waals surface area (Å²) in [5.74, 6) is -1.75. The van der Waals surface area contributed by atoms with Crippen molar-refractivity contribution in [1.29, 1.82) is 0 Å². The van der Waals surface area contributed by atoms with Gasteiger partial charge in [0.05, 0.1) is 23.3 Å². The van der Waals surface area contributed by atoms with Gasteiger partial charge in [0.25, 0.3) is 11.8 Å². The molecule has 15 heteroatoms. The first-order valence-corrected chi connectivity index (χ1v) is 9.66. The summed E-state index contributed by atoms with van der Waals surface area (Å²) < 4.78 is 38.8. The fourth-order valence-electron chi connectivity index (χ4n) is 2.18. The maximum atomic E-state index is 12.9. The molecule has 0 saturated carbocycles. The van der Waals surface area contributed by atoms with Crippen molar-refractivity contribution in [3.8, 4) is 0 Å². The lowest BCUT2D eigenvalue weighted by Gasteiger charge is -2.10. The Hall–Kier alpha value is -3.03. The summed E-state index contributed by atoms with van der Waals surface area (Å²) in [4.78, 5) is 39.6. The maximum Gasteiger partial charge on any atom is 0.418 e. The topological polar surface area (TPSA) is 136 Å². The fraction of sp³-hybridized carbons (Fsp3) is 0.125. The van der Waals surface area contributed by atoms with Gasteiger partial charge in [-0.05, 0) is 6.07 Å². The molecule has 0 bridgehead atoms. The molecule has 9 nitrogen and oxygen atoms in total. The van der Waals surface area contributed by atoms with Crippen LogP contribution in [0.1, 0.15) is 30.7 Å². The normalized spacial score (nSPS) is 11.3. The van der Waals surface area contributed by atoms with Crippen molar-refractivity contribution in [3.05, 3.63) is 56.0 Å². The molecular formula is C16H10Cl2F3N7O2S. The summed E-state index contributed by atoms with van der Waals surface area (Å²) in [6.07, 6.45) is -1.63. The standard InChI is InChI=1S/C16H10Cl2F3N7O2S/c17-7-2-23-9(1-6(7)16(19,20)21)28-14(29)8-3-24-10(31-8)4-25-15(30)12-11(18)13(22)27-5-26-12/h1-3,5H,4H2,(H,25,30)(H2,22,26,27)(H,23,28,29). The van der Waals surface area contributed by atoms with Gasteiger partial charge in [-0.25, -0.2) is 19.9 Å². The van der Waals surface area contributed by atoms with E-state index in [9.17, 15) is 22.8 Å². The molecule has 0 unspecified atom stereocenters. The number of hydrogen-bond donors (Lipinski definition) is 3. The molecule has 0 fully saturated rings. The number of carbonyl (C=O) groups excluding carboxylic acids is 2. The number of aromatic nitrogens is 4. The molecule has 3 heterocycles. The average molecular weight is 492 g/mol. The third-order valence-electron chi connectivity index (χ3n) is 3.61. The Morgan fingerprint density at radius 2 is 1.84 bits per heavy atom. The zero-order chi connectivity index (χ0) is 22.8. The van der Waals surface area contributed by atoms with Gasteiger partial charge in [-0.1, -0.05) is 23.2 Å². The van der Waals surface area contributed by atoms with Gasteiger partial charge < -0.3 is 16.4 Å². The number of amides is 2. The lowest BCUT2D eigenvalue weighted by atomic mass is 10.2. The van der Waals surface area contributed by atoms with E-state index >= 15 is 0 Å². The summed E-state index contributed by atoms with van der Waals surface area (Å²) in [7, 11) is 0. The van der Waals surface area contributed by atoms with E-state index in [1.165, 1.54) is 6.20 Å². The average Bonchev–Trinajstić information content (AvgIpc) is 3.18. The molecule has 0 radical (unpaired) electrons. The molecule has 31 heavy (non-hydrogen) atoms. The van der Waals surface area contributed by atoms with Gasteiger partial charge in [0, 0.05) is 6.20 Å². The van der Waals surface area contributed by atoms with Gasteiger partial charge in [-0.15, -0.1) is 11.3 Å². The molecule has 0 atom stereocenters. The van der Waals surface area contributed by atoms with E-state index in [1.807, 2.05) is 0 Å². The molecule has 0 saturated heterocycles. The van der Waals surface area contributed by atoms with Gasteiger partial charge in [-0.3, -0.25) is 9.59 Å². The summed E-state index contributed by atoms with van der Waals surface area (Å²) in [5, 5.41) is 4.40. The van der Waals surface area contributed by atoms with Crippen LogP contribution in [0.5, 0.6) is 0 Å². The number of thiazole rings is 1. The number of alkyl halides is 3. The summed E-state index contributed by atoms with van der Waals surface area (Å²) in [5.41, 5.74) is 4.26. The molecule has 0 aliphatic rings. The fourth-order valence-corrected chi connectivity index (χ4v) is 3.33. The minimum absolute atomic E-state index is 0.0560. The molecule has 3 rings (SSSR count). The van der Waals surface area contributed by atoms with Crippen LogP contribution in [0.3, 0.4) is 0 Å². The molecule has 0 aliphatic carbocycles. The smallest absolute Gasteiger partial charge is 0.382 e. The third kappa shape index (κ3) is 5.37. The van der Waals surface area contributed by atoms with E-state index in [4.69, 9.17) is 28.9 Å². The van der Waals surface area contributed by atoms with Crippen LogP contribution in [0, 0.1) is 0 Å². The molecule has 0 aliphatic heterocycles. The second-order valence-corrected chi connectivity index (χ2v) is 7.62. The number of nitrogens with one attached hydrogen (secondary N) is 2. The molecule has 0 spiro atoms. The van der Waals surface area contributed by atoms with Crippen molar-refractivity contribution in [1.82, 2.24) is 25.3 Å². The second-order valence-electron chi connectivity index (χ2n) is 5.72.